The second kappa shape index (κ2) is 5.59. The van der Waals surface area contributed by atoms with Gasteiger partial charge < -0.3 is 9.73 Å². The Kier molecular flexibility index (Phi) is 3.88. The van der Waals surface area contributed by atoms with Crippen LogP contribution in [0.1, 0.15) is 32.2 Å². The summed E-state index contributed by atoms with van der Waals surface area (Å²) in [4.78, 5) is 0. The fourth-order valence-corrected chi connectivity index (χ4v) is 1.73. The summed E-state index contributed by atoms with van der Waals surface area (Å²) in [5.41, 5.74) is 0.956. The van der Waals surface area contributed by atoms with Crippen LogP contribution in [0, 0.1) is 0 Å². The third kappa shape index (κ3) is 2.71. The van der Waals surface area contributed by atoms with Crippen LogP contribution >= 0.6 is 0 Å². The van der Waals surface area contributed by atoms with Crippen LogP contribution in [-0.2, 0) is 0 Å². The van der Waals surface area contributed by atoms with Gasteiger partial charge in [-0.05, 0) is 25.1 Å². The Labute approximate surface area is 101 Å². The highest BCUT2D eigenvalue weighted by molar-refractivity contribution is 5.51. The van der Waals surface area contributed by atoms with Crippen molar-refractivity contribution in [2.75, 3.05) is 6.54 Å². The number of benzene rings is 1. The molecule has 1 heterocycles. The second-order valence-corrected chi connectivity index (χ2v) is 3.83. The van der Waals surface area contributed by atoms with Gasteiger partial charge in [-0.1, -0.05) is 32.0 Å². The van der Waals surface area contributed by atoms with Gasteiger partial charge in [0.25, 0.3) is 0 Å². The summed E-state index contributed by atoms with van der Waals surface area (Å²) in [5.74, 6) is 1.24. The molecule has 0 aliphatic carbocycles. The topological polar surface area (TPSA) is 51.0 Å². The normalized spacial score (nSPS) is 12.6. The zero-order valence-electron chi connectivity index (χ0n) is 10.2. The third-order valence-electron chi connectivity index (χ3n) is 2.62. The molecule has 0 aliphatic heterocycles. The Morgan fingerprint density at radius 3 is 2.59 bits per heavy atom. The van der Waals surface area contributed by atoms with Crippen LogP contribution < -0.4 is 5.32 Å². The molecule has 2 aromatic rings. The first kappa shape index (κ1) is 11.8. The van der Waals surface area contributed by atoms with Crippen LogP contribution in [0.3, 0.4) is 0 Å². The molecule has 0 bridgehead atoms. The van der Waals surface area contributed by atoms with E-state index in [4.69, 9.17) is 4.42 Å². The molecule has 0 spiro atoms. The lowest BCUT2D eigenvalue weighted by Crippen LogP contribution is -2.20. The van der Waals surface area contributed by atoms with Crippen LogP contribution in [0.15, 0.2) is 34.7 Å². The lowest BCUT2D eigenvalue weighted by molar-refractivity contribution is 0.402. The van der Waals surface area contributed by atoms with Crippen LogP contribution in [0.5, 0.6) is 0 Å². The predicted molar refractivity (Wildman–Crippen MR) is 66.4 cm³/mol. The first-order valence-corrected chi connectivity index (χ1v) is 5.97. The molecule has 0 fully saturated rings. The lowest BCUT2D eigenvalue weighted by Gasteiger charge is -2.09. The molecular weight excluding hydrogens is 214 g/mol. The molecule has 0 aliphatic rings. The fraction of sp³-hybridized carbons (Fsp3) is 0.385. The van der Waals surface area contributed by atoms with E-state index in [9.17, 15) is 0 Å². The van der Waals surface area contributed by atoms with E-state index in [0.29, 0.717) is 11.8 Å². The maximum Gasteiger partial charge on any atom is 0.247 e. The molecule has 0 radical (unpaired) electrons. The first-order valence-electron chi connectivity index (χ1n) is 5.97. The van der Waals surface area contributed by atoms with Crippen molar-refractivity contribution in [3.05, 3.63) is 36.2 Å². The smallest absolute Gasteiger partial charge is 0.247 e. The second-order valence-electron chi connectivity index (χ2n) is 3.83. The van der Waals surface area contributed by atoms with E-state index in [2.05, 4.69) is 29.4 Å². The number of nitrogens with zero attached hydrogens (tertiary/aromatic N) is 2. The van der Waals surface area contributed by atoms with E-state index in [-0.39, 0.29) is 6.04 Å². The molecule has 1 atom stereocenters. The summed E-state index contributed by atoms with van der Waals surface area (Å²) >= 11 is 0. The summed E-state index contributed by atoms with van der Waals surface area (Å²) in [6.07, 6.45) is 0.935. The van der Waals surface area contributed by atoms with Crippen molar-refractivity contribution < 1.29 is 4.42 Å². The molecule has 1 unspecified atom stereocenters. The SMILES string of the molecule is CCNC(CC)c1nnc(-c2ccccc2)o1. The van der Waals surface area contributed by atoms with E-state index in [1.807, 2.05) is 30.3 Å². The van der Waals surface area contributed by atoms with Gasteiger partial charge in [0.2, 0.25) is 11.8 Å². The Bertz CT molecular complexity index is 453. The zero-order chi connectivity index (χ0) is 12.1. The average Bonchev–Trinajstić information content (AvgIpc) is 2.86. The third-order valence-corrected chi connectivity index (χ3v) is 2.62. The molecule has 1 N–H and O–H groups in total. The van der Waals surface area contributed by atoms with Crippen molar-refractivity contribution in [1.29, 1.82) is 0 Å². The van der Waals surface area contributed by atoms with Crippen LogP contribution in [0.25, 0.3) is 11.5 Å². The van der Waals surface area contributed by atoms with E-state index in [0.717, 1.165) is 18.5 Å². The molecule has 1 aromatic heterocycles. The van der Waals surface area contributed by atoms with Crippen molar-refractivity contribution >= 4 is 0 Å². The standard InChI is InChI=1S/C13H17N3O/c1-3-11(14-4-2)13-16-15-12(17-13)10-8-6-5-7-9-10/h5-9,11,14H,3-4H2,1-2H3. The number of aromatic nitrogens is 2. The first-order chi connectivity index (χ1) is 8.35. The Hall–Kier alpha value is -1.68. The van der Waals surface area contributed by atoms with E-state index in [1.54, 1.807) is 0 Å². The quantitative estimate of drug-likeness (QED) is 0.859. The summed E-state index contributed by atoms with van der Waals surface area (Å²) in [7, 11) is 0. The minimum absolute atomic E-state index is 0.143. The van der Waals surface area contributed by atoms with Gasteiger partial charge in [0, 0.05) is 5.56 Å². The zero-order valence-corrected chi connectivity index (χ0v) is 10.2. The monoisotopic (exact) mass is 231 g/mol. The van der Waals surface area contributed by atoms with Crippen molar-refractivity contribution in [3.8, 4) is 11.5 Å². The van der Waals surface area contributed by atoms with Crippen molar-refractivity contribution in [2.24, 2.45) is 0 Å². The minimum atomic E-state index is 0.143. The van der Waals surface area contributed by atoms with E-state index < -0.39 is 0 Å². The Morgan fingerprint density at radius 1 is 1.18 bits per heavy atom. The van der Waals surface area contributed by atoms with Crippen LogP contribution in [-0.4, -0.2) is 16.7 Å². The summed E-state index contributed by atoms with van der Waals surface area (Å²) in [5, 5.41) is 11.5. The van der Waals surface area contributed by atoms with Gasteiger partial charge in [0.15, 0.2) is 0 Å². The summed E-state index contributed by atoms with van der Waals surface area (Å²) in [6, 6.07) is 9.96. The highest BCUT2D eigenvalue weighted by atomic mass is 16.4. The van der Waals surface area contributed by atoms with Crippen molar-refractivity contribution in [1.82, 2.24) is 15.5 Å². The van der Waals surface area contributed by atoms with Gasteiger partial charge in [0.1, 0.15) is 0 Å². The minimum Gasteiger partial charge on any atom is -0.419 e. The van der Waals surface area contributed by atoms with Gasteiger partial charge in [-0.2, -0.15) is 0 Å². The van der Waals surface area contributed by atoms with Gasteiger partial charge >= 0.3 is 0 Å². The predicted octanol–water partition coefficient (Wildman–Crippen LogP) is 2.80. The van der Waals surface area contributed by atoms with Crippen LogP contribution in [0.2, 0.25) is 0 Å². The van der Waals surface area contributed by atoms with E-state index in [1.165, 1.54) is 0 Å². The van der Waals surface area contributed by atoms with Gasteiger partial charge in [-0.3, -0.25) is 0 Å². The van der Waals surface area contributed by atoms with Gasteiger partial charge in [-0.25, -0.2) is 0 Å². The molecule has 17 heavy (non-hydrogen) atoms. The summed E-state index contributed by atoms with van der Waals surface area (Å²) in [6.45, 7) is 5.05. The average molecular weight is 231 g/mol. The molecule has 4 heteroatoms. The molecule has 4 nitrogen and oxygen atoms in total. The molecule has 1 aromatic carbocycles. The van der Waals surface area contributed by atoms with E-state index >= 15 is 0 Å². The van der Waals surface area contributed by atoms with Crippen molar-refractivity contribution in [3.63, 3.8) is 0 Å². The number of rotatable bonds is 5. The number of hydrogen-bond donors (Lipinski definition) is 1. The van der Waals surface area contributed by atoms with Crippen LogP contribution in [0.4, 0.5) is 0 Å². The maximum absolute atomic E-state index is 5.69. The highest BCUT2D eigenvalue weighted by Crippen LogP contribution is 2.21. The van der Waals surface area contributed by atoms with Gasteiger partial charge in [0.05, 0.1) is 6.04 Å². The maximum atomic E-state index is 5.69. The lowest BCUT2D eigenvalue weighted by atomic mass is 10.2. The highest BCUT2D eigenvalue weighted by Gasteiger charge is 2.16. The molecule has 0 saturated carbocycles. The number of hydrogen-bond acceptors (Lipinski definition) is 4. The Morgan fingerprint density at radius 2 is 1.94 bits per heavy atom. The number of nitrogens with one attached hydrogen (secondary N) is 1. The molecular formula is C13H17N3O. The molecule has 0 amide bonds. The fourth-order valence-electron chi connectivity index (χ4n) is 1.73. The largest absolute Gasteiger partial charge is 0.419 e. The Balaban J connectivity index is 2.21. The molecule has 90 valence electrons. The van der Waals surface area contributed by atoms with Crippen molar-refractivity contribution in [2.45, 2.75) is 26.3 Å². The molecule has 2 rings (SSSR count). The summed E-state index contributed by atoms with van der Waals surface area (Å²) < 4.78 is 5.69. The molecule has 0 saturated heterocycles. The van der Waals surface area contributed by atoms with Gasteiger partial charge in [-0.15, -0.1) is 10.2 Å².